The number of rotatable bonds is 6. The number of carbonyl (C=O) groups excluding carboxylic acids is 1. The Bertz CT molecular complexity index is 561. The van der Waals surface area contributed by atoms with Crippen molar-refractivity contribution >= 4 is 27.3 Å². The molecule has 0 saturated carbocycles. The minimum Gasteiger partial charge on any atom is -0.366 e. The maximum atomic E-state index is 12.2. The maximum absolute atomic E-state index is 12.2. The lowest BCUT2D eigenvalue weighted by atomic mass is 10.1. The normalized spacial score (nSPS) is 12.9. The summed E-state index contributed by atoms with van der Waals surface area (Å²) < 4.78 is 27.1. The predicted octanol–water partition coefficient (Wildman–Crippen LogP) is 0.465. The highest BCUT2D eigenvalue weighted by Gasteiger charge is 2.28. The molecule has 19 heavy (non-hydrogen) atoms. The highest BCUT2D eigenvalue weighted by molar-refractivity contribution is 7.91. The van der Waals surface area contributed by atoms with Gasteiger partial charge in [-0.15, -0.1) is 11.3 Å². The van der Waals surface area contributed by atoms with Gasteiger partial charge in [-0.05, 0) is 34.0 Å². The molecule has 1 heterocycles. The van der Waals surface area contributed by atoms with Crippen LogP contribution in [0.4, 0.5) is 0 Å². The molecule has 108 valence electrons. The molecule has 0 aliphatic rings. The van der Waals surface area contributed by atoms with Crippen LogP contribution < -0.4 is 10.5 Å². The van der Waals surface area contributed by atoms with Crippen LogP contribution in [0.25, 0.3) is 0 Å². The lowest BCUT2D eigenvalue weighted by Gasteiger charge is -2.28. The van der Waals surface area contributed by atoms with Gasteiger partial charge >= 0.3 is 0 Å². The number of nitrogens with zero attached hydrogens (tertiary/aromatic N) is 1. The van der Waals surface area contributed by atoms with Crippen LogP contribution in [0.2, 0.25) is 0 Å². The van der Waals surface area contributed by atoms with E-state index in [1.54, 1.807) is 13.8 Å². The van der Waals surface area contributed by atoms with Gasteiger partial charge in [-0.1, -0.05) is 0 Å². The van der Waals surface area contributed by atoms with Crippen LogP contribution in [0.1, 0.15) is 24.2 Å². The maximum Gasteiger partial charge on any atom is 0.250 e. The number of hydrogen-bond acceptors (Lipinski definition) is 5. The molecule has 8 heteroatoms. The van der Waals surface area contributed by atoms with Crippen molar-refractivity contribution in [2.24, 2.45) is 5.73 Å². The highest BCUT2D eigenvalue weighted by atomic mass is 32.2. The summed E-state index contributed by atoms with van der Waals surface area (Å²) in [4.78, 5) is 12.9. The van der Waals surface area contributed by atoms with Gasteiger partial charge in [0.25, 0.3) is 10.0 Å². The Morgan fingerprint density at radius 1 is 1.47 bits per heavy atom. The molecule has 3 N–H and O–H groups in total. The first-order chi connectivity index (χ1) is 8.53. The Balaban J connectivity index is 2.94. The van der Waals surface area contributed by atoms with Crippen molar-refractivity contribution in [3.8, 4) is 0 Å². The van der Waals surface area contributed by atoms with Crippen molar-refractivity contribution in [1.29, 1.82) is 0 Å². The van der Waals surface area contributed by atoms with E-state index in [0.29, 0.717) is 6.54 Å². The monoisotopic (exact) mass is 305 g/mol. The van der Waals surface area contributed by atoms with Crippen molar-refractivity contribution < 1.29 is 13.2 Å². The molecule has 0 bridgehead atoms. The van der Waals surface area contributed by atoms with Crippen LogP contribution in [0, 0.1) is 0 Å². The lowest BCUT2D eigenvalue weighted by Crippen LogP contribution is -2.49. The smallest absolute Gasteiger partial charge is 0.250 e. The Hall–Kier alpha value is -0.960. The molecule has 0 atom stereocenters. The number of sulfonamides is 1. The summed E-state index contributed by atoms with van der Waals surface area (Å²) in [5.74, 6) is -0.634. The summed E-state index contributed by atoms with van der Waals surface area (Å²) in [6, 6.07) is 1.29. The van der Waals surface area contributed by atoms with E-state index in [4.69, 9.17) is 5.73 Å². The summed E-state index contributed by atoms with van der Waals surface area (Å²) in [7, 11) is 0.0927. The minimum absolute atomic E-state index is 0.0909. The molecule has 1 rings (SSSR count). The summed E-state index contributed by atoms with van der Waals surface area (Å²) in [6.07, 6.45) is 0. The van der Waals surface area contributed by atoms with E-state index in [-0.39, 0.29) is 9.77 Å². The average Bonchev–Trinajstić information content (AvgIpc) is 2.61. The SMILES string of the molecule is CN(C)CC(C)(C)NS(=O)(=O)c1cc(C(N)=O)cs1. The van der Waals surface area contributed by atoms with Gasteiger partial charge in [0.1, 0.15) is 4.21 Å². The van der Waals surface area contributed by atoms with Crippen molar-refractivity contribution in [2.45, 2.75) is 23.6 Å². The average molecular weight is 305 g/mol. The van der Waals surface area contributed by atoms with E-state index in [9.17, 15) is 13.2 Å². The topological polar surface area (TPSA) is 92.5 Å². The third kappa shape index (κ3) is 4.57. The second-order valence-electron chi connectivity index (χ2n) is 5.25. The molecule has 1 aromatic rings. The van der Waals surface area contributed by atoms with Gasteiger partial charge in [0.15, 0.2) is 0 Å². The zero-order valence-corrected chi connectivity index (χ0v) is 13.1. The third-order valence-corrected chi connectivity index (χ3v) is 5.38. The van der Waals surface area contributed by atoms with E-state index >= 15 is 0 Å². The number of carbonyl (C=O) groups is 1. The Morgan fingerprint density at radius 3 is 2.47 bits per heavy atom. The van der Waals surface area contributed by atoms with Gasteiger partial charge in [0.05, 0.1) is 5.56 Å². The van der Waals surface area contributed by atoms with Gasteiger partial charge in [-0.3, -0.25) is 4.79 Å². The number of nitrogens with two attached hydrogens (primary N) is 1. The standard InChI is InChI=1S/C11H19N3O3S2/c1-11(2,7-14(3)4)13-19(16,17)9-5-8(6-18-9)10(12)15/h5-6,13H,7H2,1-4H3,(H2,12,15). The van der Waals surface area contributed by atoms with Crippen LogP contribution in [0.3, 0.4) is 0 Å². The molecule has 0 fully saturated rings. The molecule has 0 radical (unpaired) electrons. The van der Waals surface area contributed by atoms with Gasteiger partial charge < -0.3 is 10.6 Å². The van der Waals surface area contributed by atoms with E-state index in [0.717, 1.165) is 11.3 Å². The molecule has 1 amide bonds. The van der Waals surface area contributed by atoms with E-state index < -0.39 is 21.5 Å². The van der Waals surface area contributed by atoms with Gasteiger partial charge in [0, 0.05) is 17.5 Å². The number of primary amides is 1. The number of nitrogens with one attached hydrogen (secondary N) is 1. The van der Waals surface area contributed by atoms with Crippen molar-refractivity contribution in [2.75, 3.05) is 20.6 Å². The van der Waals surface area contributed by atoms with Crippen LogP contribution in [0.15, 0.2) is 15.7 Å². The van der Waals surface area contributed by atoms with Crippen LogP contribution in [-0.2, 0) is 10.0 Å². The molecule has 0 aliphatic carbocycles. The fraction of sp³-hybridized carbons (Fsp3) is 0.545. The second-order valence-corrected chi connectivity index (χ2v) is 8.07. The molecule has 0 spiro atoms. The van der Waals surface area contributed by atoms with Crippen molar-refractivity contribution in [3.63, 3.8) is 0 Å². The summed E-state index contributed by atoms with van der Waals surface area (Å²) in [5, 5.41) is 1.44. The largest absolute Gasteiger partial charge is 0.366 e. The minimum atomic E-state index is -3.64. The molecular weight excluding hydrogens is 286 g/mol. The molecule has 0 aromatic carbocycles. The van der Waals surface area contributed by atoms with Crippen molar-refractivity contribution in [1.82, 2.24) is 9.62 Å². The van der Waals surface area contributed by atoms with Crippen LogP contribution in [0.5, 0.6) is 0 Å². The summed E-state index contributed by atoms with van der Waals surface area (Å²) in [6.45, 7) is 4.15. The summed E-state index contributed by atoms with van der Waals surface area (Å²) in [5.41, 5.74) is 4.70. The fourth-order valence-electron chi connectivity index (χ4n) is 1.82. The zero-order chi connectivity index (χ0) is 14.8. The molecule has 0 unspecified atom stereocenters. The highest BCUT2D eigenvalue weighted by Crippen LogP contribution is 2.21. The van der Waals surface area contributed by atoms with Crippen LogP contribution >= 0.6 is 11.3 Å². The quantitative estimate of drug-likeness (QED) is 0.799. The second kappa shape index (κ2) is 5.58. The summed E-state index contributed by atoms with van der Waals surface area (Å²) >= 11 is 0.979. The fourth-order valence-corrected chi connectivity index (χ4v) is 4.40. The molecule has 6 nitrogen and oxygen atoms in total. The van der Waals surface area contributed by atoms with E-state index in [2.05, 4.69) is 4.72 Å². The third-order valence-electron chi connectivity index (χ3n) is 2.25. The number of likely N-dealkylation sites (N-methyl/N-ethyl adjacent to an activating group) is 1. The van der Waals surface area contributed by atoms with Gasteiger partial charge in [-0.25, -0.2) is 13.1 Å². The van der Waals surface area contributed by atoms with Gasteiger partial charge in [0.2, 0.25) is 5.91 Å². The molecule has 0 aliphatic heterocycles. The van der Waals surface area contributed by atoms with E-state index in [1.807, 2.05) is 19.0 Å². The molecule has 0 saturated heterocycles. The Kier molecular flexibility index (Phi) is 4.72. The number of amides is 1. The van der Waals surface area contributed by atoms with Crippen molar-refractivity contribution in [3.05, 3.63) is 17.0 Å². The lowest BCUT2D eigenvalue weighted by molar-refractivity contribution is 0.100. The zero-order valence-electron chi connectivity index (χ0n) is 11.4. The van der Waals surface area contributed by atoms with Gasteiger partial charge in [-0.2, -0.15) is 0 Å². The predicted molar refractivity (Wildman–Crippen MR) is 75.8 cm³/mol. The number of thiophene rings is 1. The molecular formula is C11H19N3O3S2. The number of hydrogen-bond donors (Lipinski definition) is 2. The first-order valence-electron chi connectivity index (χ1n) is 5.60. The molecule has 1 aromatic heterocycles. The van der Waals surface area contributed by atoms with E-state index in [1.165, 1.54) is 11.4 Å². The first kappa shape index (κ1) is 16.1. The first-order valence-corrected chi connectivity index (χ1v) is 7.97. The Morgan fingerprint density at radius 2 is 2.05 bits per heavy atom. The van der Waals surface area contributed by atoms with Crippen LogP contribution in [-0.4, -0.2) is 45.4 Å². The Labute approximate surface area is 117 Å².